The maximum Gasteiger partial charge on any atom is 0.471 e. The fraction of sp³-hybridized carbons (Fsp3) is 0.800. The zero-order chi connectivity index (χ0) is 15.6. The van der Waals surface area contributed by atoms with Gasteiger partial charge in [0.25, 0.3) is 0 Å². The summed E-state index contributed by atoms with van der Waals surface area (Å²) in [4.78, 5) is 23.3. The number of likely N-dealkylation sites (tertiary alicyclic amines) is 1. The van der Waals surface area contributed by atoms with E-state index in [-0.39, 0.29) is 25.3 Å². The Morgan fingerprint density at radius 3 is 2.45 bits per heavy atom. The summed E-state index contributed by atoms with van der Waals surface area (Å²) >= 11 is 0. The van der Waals surface area contributed by atoms with Crippen LogP contribution in [0, 0.1) is 0 Å². The number of amides is 2. The normalized spacial score (nSPS) is 20.0. The third kappa shape index (κ3) is 4.66. The van der Waals surface area contributed by atoms with Gasteiger partial charge in [-0.1, -0.05) is 0 Å². The Labute approximate surface area is 114 Å². The maximum absolute atomic E-state index is 12.3. The molecule has 1 aliphatic heterocycles. The molecule has 20 heavy (non-hydrogen) atoms. The highest BCUT2D eigenvalue weighted by Crippen LogP contribution is 2.25. The Bertz CT molecular complexity index is 489. The van der Waals surface area contributed by atoms with Gasteiger partial charge >= 0.3 is 12.1 Å². The van der Waals surface area contributed by atoms with Gasteiger partial charge in [0.15, 0.2) is 0 Å². The molecular weight excluding hydrogens is 301 g/mol. The van der Waals surface area contributed by atoms with E-state index in [0.29, 0.717) is 11.3 Å². The van der Waals surface area contributed by atoms with Crippen molar-refractivity contribution in [3.63, 3.8) is 0 Å². The molecule has 1 fully saturated rings. The molecule has 1 atom stereocenters. The second kappa shape index (κ2) is 5.98. The summed E-state index contributed by atoms with van der Waals surface area (Å²) in [6, 6.07) is -1.19. The predicted octanol–water partition coefficient (Wildman–Crippen LogP) is -0.300. The van der Waals surface area contributed by atoms with Gasteiger partial charge < -0.3 is 10.2 Å². The van der Waals surface area contributed by atoms with Crippen LogP contribution in [0.5, 0.6) is 0 Å². The lowest BCUT2D eigenvalue weighted by Crippen LogP contribution is -2.50. The second-order valence-electron chi connectivity index (χ2n) is 4.58. The average molecular weight is 316 g/mol. The van der Waals surface area contributed by atoms with Crippen molar-refractivity contribution in [2.75, 3.05) is 25.1 Å². The number of nitrogens with one attached hydrogen (secondary N) is 1. The molecule has 0 aromatic carbocycles. The number of hydrogen-bond donors (Lipinski definition) is 1. The molecule has 0 spiro atoms. The van der Waals surface area contributed by atoms with Gasteiger partial charge in [-0.05, 0) is 12.8 Å². The van der Waals surface area contributed by atoms with Crippen molar-refractivity contribution in [2.45, 2.75) is 25.1 Å². The molecule has 1 saturated heterocycles. The maximum atomic E-state index is 12.3. The van der Waals surface area contributed by atoms with Crippen molar-refractivity contribution in [3.8, 4) is 0 Å². The van der Waals surface area contributed by atoms with Crippen LogP contribution in [0.1, 0.15) is 12.8 Å². The van der Waals surface area contributed by atoms with Gasteiger partial charge in [0.1, 0.15) is 15.9 Å². The summed E-state index contributed by atoms with van der Waals surface area (Å²) in [5.74, 6) is -3.11. The van der Waals surface area contributed by atoms with Crippen LogP contribution >= 0.6 is 0 Å². The molecule has 0 aromatic heterocycles. The molecule has 0 saturated carbocycles. The topological polar surface area (TPSA) is 83.6 Å². The van der Waals surface area contributed by atoms with E-state index < -0.39 is 33.9 Å². The van der Waals surface area contributed by atoms with Gasteiger partial charge in [-0.15, -0.1) is 0 Å². The summed E-state index contributed by atoms with van der Waals surface area (Å²) < 4.78 is 58.8. The Morgan fingerprint density at radius 2 is 1.95 bits per heavy atom. The van der Waals surface area contributed by atoms with Crippen molar-refractivity contribution < 1.29 is 31.2 Å². The van der Waals surface area contributed by atoms with Crippen molar-refractivity contribution in [1.82, 2.24) is 10.2 Å². The molecule has 10 heteroatoms. The van der Waals surface area contributed by atoms with E-state index in [2.05, 4.69) is 5.32 Å². The van der Waals surface area contributed by atoms with Crippen molar-refractivity contribution in [3.05, 3.63) is 0 Å². The number of hydrogen-bond acceptors (Lipinski definition) is 4. The van der Waals surface area contributed by atoms with Crippen LogP contribution in [-0.2, 0) is 19.4 Å². The van der Waals surface area contributed by atoms with Crippen LogP contribution in [0.2, 0.25) is 0 Å². The molecule has 2 amide bonds. The average Bonchev–Trinajstić information content (AvgIpc) is 2.73. The summed E-state index contributed by atoms with van der Waals surface area (Å²) in [6.45, 7) is -0.329. The highest BCUT2D eigenvalue weighted by Gasteiger charge is 2.47. The molecule has 6 nitrogen and oxygen atoms in total. The molecule has 1 unspecified atom stereocenters. The first kappa shape index (κ1) is 16.7. The third-order valence-electron chi connectivity index (χ3n) is 2.83. The minimum Gasteiger partial charge on any atom is -0.353 e. The number of nitrogens with zero attached hydrogens (tertiary/aromatic N) is 1. The number of rotatable bonds is 4. The quantitative estimate of drug-likeness (QED) is 0.772. The van der Waals surface area contributed by atoms with E-state index in [0.717, 1.165) is 6.26 Å². The SMILES string of the molecule is CS(=O)(=O)CCNC(=O)C1CCCN1C(=O)C(F)(F)F. The molecule has 116 valence electrons. The zero-order valence-corrected chi connectivity index (χ0v) is 11.6. The molecular formula is C10H15F3N2O4S. The standard InChI is InChI=1S/C10H15F3N2O4S/c1-20(18,19)6-4-14-8(16)7-3-2-5-15(7)9(17)10(11,12)13/h7H,2-6H2,1H3,(H,14,16). The molecule has 0 radical (unpaired) electrons. The first-order valence-electron chi connectivity index (χ1n) is 5.85. The van der Waals surface area contributed by atoms with E-state index in [1.54, 1.807) is 0 Å². The van der Waals surface area contributed by atoms with Crippen LogP contribution in [0.25, 0.3) is 0 Å². The second-order valence-corrected chi connectivity index (χ2v) is 6.83. The Kier molecular flexibility index (Phi) is 5.00. The monoisotopic (exact) mass is 316 g/mol. The van der Waals surface area contributed by atoms with Crippen molar-refractivity contribution in [2.24, 2.45) is 0 Å². The summed E-state index contributed by atoms with van der Waals surface area (Å²) in [5.41, 5.74) is 0. The largest absolute Gasteiger partial charge is 0.471 e. The van der Waals surface area contributed by atoms with Gasteiger partial charge in [-0.3, -0.25) is 9.59 Å². The van der Waals surface area contributed by atoms with Crippen LogP contribution in [0.4, 0.5) is 13.2 Å². The van der Waals surface area contributed by atoms with Crippen LogP contribution in [0.3, 0.4) is 0 Å². The van der Waals surface area contributed by atoms with E-state index in [4.69, 9.17) is 0 Å². The minimum atomic E-state index is -5.02. The number of sulfone groups is 1. The summed E-state index contributed by atoms with van der Waals surface area (Å²) in [7, 11) is -3.27. The Morgan fingerprint density at radius 1 is 1.35 bits per heavy atom. The number of alkyl halides is 3. The Hall–Kier alpha value is -1.32. The lowest BCUT2D eigenvalue weighted by Gasteiger charge is -2.24. The fourth-order valence-electron chi connectivity index (χ4n) is 1.92. The highest BCUT2D eigenvalue weighted by molar-refractivity contribution is 7.90. The van der Waals surface area contributed by atoms with Gasteiger partial charge in [0.2, 0.25) is 5.91 Å². The lowest BCUT2D eigenvalue weighted by atomic mass is 10.2. The summed E-state index contributed by atoms with van der Waals surface area (Å²) in [6.07, 6.45) is -3.61. The summed E-state index contributed by atoms with van der Waals surface area (Å²) in [5, 5.41) is 2.24. The van der Waals surface area contributed by atoms with E-state index in [1.165, 1.54) is 0 Å². The zero-order valence-electron chi connectivity index (χ0n) is 10.7. The molecule has 1 aliphatic rings. The molecule has 0 bridgehead atoms. The van der Waals surface area contributed by atoms with Gasteiger partial charge in [0.05, 0.1) is 5.75 Å². The van der Waals surface area contributed by atoms with Gasteiger partial charge in [-0.2, -0.15) is 13.2 Å². The van der Waals surface area contributed by atoms with Crippen LogP contribution < -0.4 is 5.32 Å². The first-order chi connectivity index (χ1) is 9.02. The molecule has 1 N–H and O–H groups in total. The molecule has 0 aliphatic carbocycles. The number of carbonyl (C=O) groups excluding carboxylic acids is 2. The number of carbonyl (C=O) groups is 2. The van der Waals surface area contributed by atoms with Gasteiger partial charge in [0, 0.05) is 19.3 Å². The Balaban J connectivity index is 2.61. The van der Waals surface area contributed by atoms with E-state index in [9.17, 15) is 31.2 Å². The van der Waals surface area contributed by atoms with Crippen molar-refractivity contribution in [1.29, 1.82) is 0 Å². The highest BCUT2D eigenvalue weighted by atomic mass is 32.2. The molecule has 0 aromatic rings. The fourth-order valence-corrected chi connectivity index (χ4v) is 2.40. The number of halogens is 3. The molecule has 1 heterocycles. The van der Waals surface area contributed by atoms with E-state index >= 15 is 0 Å². The van der Waals surface area contributed by atoms with Crippen molar-refractivity contribution >= 4 is 21.7 Å². The van der Waals surface area contributed by atoms with Crippen LogP contribution in [-0.4, -0.2) is 62.4 Å². The third-order valence-corrected chi connectivity index (χ3v) is 3.78. The van der Waals surface area contributed by atoms with E-state index in [1.807, 2.05) is 0 Å². The predicted molar refractivity (Wildman–Crippen MR) is 63.5 cm³/mol. The van der Waals surface area contributed by atoms with Gasteiger partial charge in [-0.25, -0.2) is 8.42 Å². The lowest BCUT2D eigenvalue weighted by molar-refractivity contribution is -0.186. The molecule has 1 rings (SSSR count). The minimum absolute atomic E-state index is 0.131. The van der Waals surface area contributed by atoms with Crippen LogP contribution in [0.15, 0.2) is 0 Å². The smallest absolute Gasteiger partial charge is 0.353 e. The first-order valence-corrected chi connectivity index (χ1v) is 7.91.